The molecule has 7 heteroatoms. The molecule has 0 bridgehead atoms. The first kappa shape index (κ1) is 13.9. The minimum Gasteiger partial charge on any atom is -0.338 e. The number of hydrogen-bond acceptors (Lipinski definition) is 5. The minimum absolute atomic E-state index is 0.914. The topological polar surface area (TPSA) is 51.2 Å². The van der Waals surface area contributed by atoms with Gasteiger partial charge in [-0.05, 0) is 20.1 Å². The van der Waals surface area contributed by atoms with Crippen LogP contribution in [0.1, 0.15) is 11.4 Å². The third kappa shape index (κ3) is 2.17. The van der Waals surface area contributed by atoms with Gasteiger partial charge >= 0.3 is 0 Å². The van der Waals surface area contributed by atoms with Crippen LogP contribution in [0.5, 0.6) is 0 Å². The Kier molecular flexibility index (Phi) is 3.36. The first-order valence-electron chi connectivity index (χ1n) is 6.64. The Morgan fingerprint density at radius 2 is 1.90 bits per heavy atom. The van der Waals surface area contributed by atoms with Crippen LogP contribution < -0.4 is 4.90 Å². The normalized spacial score (nSPS) is 11.3. The summed E-state index contributed by atoms with van der Waals surface area (Å²) in [6, 6.07) is 0. The lowest BCUT2D eigenvalue weighted by molar-refractivity contribution is 0.756. The zero-order valence-corrected chi connectivity index (χ0v) is 13.6. The van der Waals surface area contributed by atoms with Crippen molar-refractivity contribution >= 4 is 28.8 Å². The Labute approximate surface area is 127 Å². The van der Waals surface area contributed by atoms with Crippen molar-refractivity contribution in [3.8, 4) is 0 Å². The number of aromatic nitrogens is 5. The van der Waals surface area contributed by atoms with Gasteiger partial charge in [0.2, 0.25) is 0 Å². The molecule has 0 spiro atoms. The SMILES string of the molecule is CSc1ncc(N(C)c2cn(C)nc2C)c2ncc(C)n12. The number of nitrogens with zero attached hydrogens (tertiary/aromatic N) is 6. The monoisotopic (exact) mass is 302 g/mol. The fourth-order valence-electron chi connectivity index (χ4n) is 2.52. The van der Waals surface area contributed by atoms with E-state index in [1.165, 1.54) is 0 Å². The maximum atomic E-state index is 4.56. The van der Waals surface area contributed by atoms with E-state index in [1.54, 1.807) is 11.8 Å². The van der Waals surface area contributed by atoms with Gasteiger partial charge in [-0.1, -0.05) is 11.8 Å². The summed E-state index contributed by atoms with van der Waals surface area (Å²) in [5.41, 5.74) is 5.00. The Morgan fingerprint density at radius 1 is 1.14 bits per heavy atom. The van der Waals surface area contributed by atoms with Crippen LogP contribution in [0.3, 0.4) is 0 Å². The molecule has 0 saturated heterocycles. The summed E-state index contributed by atoms with van der Waals surface area (Å²) in [4.78, 5) is 11.2. The van der Waals surface area contributed by atoms with Gasteiger partial charge in [0.25, 0.3) is 0 Å². The summed E-state index contributed by atoms with van der Waals surface area (Å²) in [5.74, 6) is 0. The van der Waals surface area contributed by atoms with Crippen molar-refractivity contribution in [1.82, 2.24) is 24.1 Å². The van der Waals surface area contributed by atoms with E-state index < -0.39 is 0 Å². The molecule has 3 rings (SSSR count). The lowest BCUT2D eigenvalue weighted by Gasteiger charge is -2.19. The molecule has 0 N–H and O–H groups in total. The van der Waals surface area contributed by atoms with Crippen molar-refractivity contribution in [3.63, 3.8) is 0 Å². The van der Waals surface area contributed by atoms with E-state index in [4.69, 9.17) is 0 Å². The van der Waals surface area contributed by atoms with Gasteiger partial charge in [0.15, 0.2) is 10.8 Å². The number of fused-ring (bicyclic) bond motifs is 1. The molecule has 0 aliphatic rings. The van der Waals surface area contributed by atoms with Crippen molar-refractivity contribution in [1.29, 1.82) is 0 Å². The number of thioether (sulfide) groups is 1. The molecule has 0 saturated carbocycles. The molecule has 0 amide bonds. The van der Waals surface area contributed by atoms with Crippen molar-refractivity contribution in [2.75, 3.05) is 18.2 Å². The average Bonchev–Trinajstić information content (AvgIpc) is 3.00. The highest BCUT2D eigenvalue weighted by Crippen LogP contribution is 2.30. The van der Waals surface area contributed by atoms with E-state index in [0.717, 1.165) is 33.6 Å². The number of anilines is 2. The summed E-state index contributed by atoms with van der Waals surface area (Å²) >= 11 is 1.62. The van der Waals surface area contributed by atoms with Gasteiger partial charge in [0, 0.05) is 32.2 Å². The van der Waals surface area contributed by atoms with Gasteiger partial charge in [-0.2, -0.15) is 5.10 Å². The molecule has 21 heavy (non-hydrogen) atoms. The molecular weight excluding hydrogens is 284 g/mol. The molecule has 0 aromatic carbocycles. The Bertz CT molecular complexity index is 803. The molecule has 3 heterocycles. The molecule has 0 radical (unpaired) electrons. The van der Waals surface area contributed by atoms with Crippen molar-refractivity contribution in [2.24, 2.45) is 7.05 Å². The highest BCUT2D eigenvalue weighted by atomic mass is 32.2. The third-order valence-electron chi connectivity index (χ3n) is 3.55. The first-order valence-corrected chi connectivity index (χ1v) is 7.86. The van der Waals surface area contributed by atoms with Crippen molar-refractivity contribution < 1.29 is 0 Å². The lowest BCUT2D eigenvalue weighted by atomic mass is 10.3. The van der Waals surface area contributed by atoms with Crippen LogP contribution in [0, 0.1) is 13.8 Å². The standard InChI is InChI=1S/C14H18N6S/c1-9-6-15-13-11(7-16-14(21-5)20(9)13)19(4)12-8-18(3)17-10(12)2/h6-8H,1-5H3. The first-order chi connectivity index (χ1) is 10.0. The zero-order chi connectivity index (χ0) is 15.1. The fourth-order valence-corrected chi connectivity index (χ4v) is 3.09. The summed E-state index contributed by atoms with van der Waals surface area (Å²) in [5, 5.41) is 5.34. The van der Waals surface area contributed by atoms with Crippen LogP contribution in [0.2, 0.25) is 0 Å². The Hall–Kier alpha value is -2.02. The number of imidazole rings is 1. The van der Waals surface area contributed by atoms with Crippen LogP contribution in [0.15, 0.2) is 23.7 Å². The van der Waals surface area contributed by atoms with Crippen LogP contribution >= 0.6 is 11.8 Å². The summed E-state index contributed by atoms with van der Waals surface area (Å²) in [6.07, 6.45) is 7.78. The van der Waals surface area contributed by atoms with Crippen molar-refractivity contribution in [2.45, 2.75) is 19.0 Å². The van der Waals surface area contributed by atoms with E-state index in [2.05, 4.69) is 24.4 Å². The Balaban J connectivity index is 2.19. The zero-order valence-electron chi connectivity index (χ0n) is 12.8. The minimum atomic E-state index is 0.914. The third-order valence-corrected chi connectivity index (χ3v) is 4.20. The fraction of sp³-hybridized carbons (Fsp3) is 0.357. The van der Waals surface area contributed by atoms with Crippen LogP contribution in [0.25, 0.3) is 5.65 Å². The van der Waals surface area contributed by atoms with Crippen LogP contribution in [-0.4, -0.2) is 37.5 Å². The molecule has 0 unspecified atom stereocenters. The van der Waals surface area contributed by atoms with Gasteiger partial charge in [0.05, 0.1) is 17.6 Å². The average molecular weight is 302 g/mol. The predicted octanol–water partition coefficient (Wildman–Crippen LogP) is 2.57. The van der Waals surface area contributed by atoms with Gasteiger partial charge in [-0.3, -0.25) is 9.08 Å². The molecular formula is C14H18N6S. The second-order valence-corrected chi connectivity index (χ2v) is 5.79. The molecule has 110 valence electrons. The maximum absolute atomic E-state index is 4.56. The number of hydrogen-bond donors (Lipinski definition) is 0. The van der Waals surface area contributed by atoms with Gasteiger partial charge in [-0.25, -0.2) is 9.97 Å². The summed E-state index contributed by atoms with van der Waals surface area (Å²) in [7, 11) is 3.94. The van der Waals surface area contributed by atoms with E-state index in [0.29, 0.717) is 0 Å². The molecule has 6 nitrogen and oxygen atoms in total. The summed E-state index contributed by atoms with van der Waals surface area (Å²) in [6.45, 7) is 4.05. The van der Waals surface area contributed by atoms with Gasteiger partial charge < -0.3 is 4.90 Å². The quantitative estimate of drug-likeness (QED) is 0.550. The maximum Gasteiger partial charge on any atom is 0.173 e. The van der Waals surface area contributed by atoms with Gasteiger partial charge in [-0.15, -0.1) is 0 Å². The molecule has 0 aliphatic heterocycles. The molecule has 3 aromatic rings. The van der Waals surface area contributed by atoms with Gasteiger partial charge in [0.1, 0.15) is 5.69 Å². The Morgan fingerprint density at radius 3 is 2.52 bits per heavy atom. The smallest absolute Gasteiger partial charge is 0.173 e. The number of aryl methyl sites for hydroxylation is 3. The lowest BCUT2D eigenvalue weighted by Crippen LogP contribution is -2.13. The molecule has 0 aliphatic carbocycles. The van der Waals surface area contributed by atoms with E-state index >= 15 is 0 Å². The molecule has 0 fully saturated rings. The predicted molar refractivity (Wildman–Crippen MR) is 85.5 cm³/mol. The largest absolute Gasteiger partial charge is 0.338 e. The van der Waals surface area contributed by atoms with E-state index in [1.807, 2.05) is 57.5 Å². The number of rotatable bonds is 3. The molecule has 0 atom stereocenters. The van der Waals surface area contributed by atoms with Crippen molar-refractivity contribution in [3.05, 3.63) is 30.0 Å². The second-order valence-electron chi connectivity index (χ2n) is 5.02. The highest BCUT2D eigenvalue weighted by molar-refractivity contribution is 7.98. The second kappa shape index (κ2) is 5.07. The molecule has 3 aromatic heterocycles. The highest BCUT2D eigenvalue weighted by Gasteiger charge is 2.17. The summed E-state index contributed by atoms with van der Waals surface area (Å²) < 4.78 is 3.90. The van der Waals surface area contributed by atoms with E-state index in [9.17, 15) is 0 Å². The van der Waals surface area contributed by atoms with Crippen LogP contribution in [-0.2, 0) is 7.05 Å². The van der Waals surface area contributed by atoms with Crippen LogP contribution in [0.4, 0.5) is 11.4 Å². The van der Waals surface area contributed by atoms with E-state index in [-0.39, 0.29) is 0 Å².